The highest BCUT2D eigenvalue weighted by Gasteiger charge is 2.12. The van der Waals surface area contributed by atoms with Crippen molar-refractivity contribution in [3.8, 4) is 23.0 Å². The second kappa shape index (κ2) is 22.0. The van der Waals surface area contributed by atoms with Crippen LogP contribution in [0.5, 0.6) is 23.0 Å². The van der Waals surface area contributed by atoms with E-state index in [9.17, 15) is 17.5 Å². The predicted molar refractivity (Wildman–Crippen MR) is 206 cm³/mol. The zero-order valence-corrected chi connectivity index (χ0v) is 32.4. The van der Waals surface area contributed by atoms with Crippen molar-refractivity contribution in [3.05, 3.63) is 95.1 Å². The lowest BCUT2D eigenvalue weighted by Gasteiger charge is -2.20. The number of hydrogen-bond acceptors (Lipinski definition) is 12. The van der Waals surface area contributed by atoms with Crippen molar-refractivity contribution in [2.24, 2.45) is 0 Å². The summed E-state index contributed by atoms with van der Waals surface area (Å²) in [5.41, 5.74) is 4.79. The van der Waals surface area contributed by atoms with Crippen LogP contribution in [0, 0.1) is 13.8 Å². The number of anilines is 2. The fourth-order valence-electron chi connectivity index (χ4n) is 4.86. The Labute approximate surface area is 313 Å². The molecule has 2 atom stereocenters. The van der Waals surface area contributed by atoms with Gasteiger partial charge < -0.3 is 43.6 Å². The number of thioether (sulfide) groups is 2. The summed E-state index contributed by atoms with van der Waals surface area (Å²) in [6.45, 7) is 6.03. The molecule has 0 aliphatic rings. The van der Waals surface area contributed by atoms with Crippen molar-refractivity contribution in [2.45, 2.75) is 36.7 Å². The molecule has 0 aliphatic heterocycles. The molecule has 4 aromatic carbocycles. The molecule has 0 saturated carbocycles. The van der Waals surface area contributed by atoms with Gasteiger partial charge in [-0.25, -0.2) is 0 Å². The molecule has 0 bridgehead atoms. The Hall–Kier alpha value is -3.16. The molecule has 5 N–H and O–H groups in total. The quantitative estimate of drug-likeness (QED) is 0.0458. The van der Waals surface area contributed by atoms with Crippen LogP contribution >= 0.6 is 23.5 Å². The van der Waals surface area contributed by atoms with E-state index < -0.39 is 22.5 Å². The second-order valence-corrected chi connectivity index (χ2v) is 14.2. The summed E-state index contributed by atoms with van der Waals surface area (Å²) in [4.78, 5) is 4.31. The number of hydrogen-bond donors (Lipinski definition) is 5. The first-order valence-corrected chi connectivity index (χ1v) is 20.3. The summed E-state index contributed by atoms with van der Waals surface area (Å²) in [6, 6.07) is 22.0. The first-order valence-electron chi connectivity index (χ1n) is 15.7. The number of aryl methyl sites for hydroxylation is 2. The van der Waals surface area contributed by atoms with Gasteiger partial charge in [-0.15, -0.1) is 23.5 Å². The fraction of sp³-hybridized carbons (Fsp3) is 0.314. The number of nitrogens with zero attached hydrogens (tertiary/aromatic N) is 1. The van der Waals surface area contributed by atoms with E-state index in [-0.39, 0.29) is 13.2 Å². The average Bonchev–Trinajstić information content (AvgIpc) is 3.07. The van der Waals surface area contributed by atoms with Crippen molar-refractivity contribution in [2.75, 3.05) is 55.3 Å². The van der Waals surface area contributed by atoms with Gasteiger partial charge in [-0.2, -0.15) is 0 Å². The van der Waals surface area contributed by atoms with Crippen LogP contribution in [0.3, 0.4) is 0 Å². The summed E-state index contributed by atoms with van der Waals surface area (Å²) in [5.74, 6) is 2.71. The lowest BCUT2D eigenvalue weighted by Crippen LogP contribution is -2.21. The van der Waals surface area contributed by atoms with Gasteiger partial charge in [0.05, 0.1) is 13.2 Å². The Balaban J connectivity index is 0.000000276. The topological polar surface area (TPSA) is 179 Å². The molecular weight excluding hydrogens is 733 g/mol. The van der Waals surface area contributed by atoms with Crippen LogP contribution in [-0.4, -0.2) is 78.5 Å². The molecular formula is C35H44N4O8S4-2. The number of benzene rings is 4. The van der Waals surface area contributed by atoms with Crippen LogP contribution in [0.2, 0.25) is 0 Å². The van der Waals surface area contributed by atoms with Crippen molar-refractivity contribution >= 4 is 57.4 Å². The zero-order chi connectivity index (χ0) is 37.3. The van der Waals surface area contributed by atoms with Gasteiger partial charge in [-0.3, -0.25) is 13.3 Å². The van der Waals surface area contributed by atoms with E-state index in [0.717, 1.165) is 28.0 Å². The smallest absolute Gasteiger partial charge is 0.132 e. The van der Waals surface area contributed by atoms with Gasteiger partial charge >= 0.3 is 0 Å². The van der Waals surface area contributed by atoms with Gasteiger partial charge in [-0.1, -0.05) is 0 Å². The lowest BCUT2D eigenvalue weighted by molar-refractivity contribution is 0.216. The van der Waals surface area contributed by atoms with E-state index in [1.54, 1.807) is 59.9 Å². The van der Waals surface area contributed by atoms with Crippen LogP contribution in [0.1, 0.15) is 22.3 Å². The average molecular weight is 777 g/mol. The van der Waals surface area contributed by atoms with Gasteiger partial charge in [0.15, 0.2) is 0 Å². The molecule has 0 aliphatic carbocycles. The monoisotopic (exact) mass is 776 g/mol. The highest BCUT2D eigenvalue weighted by atomic mass is 32.2. The highest BCUT2D eigenvalue weighted by molar-refractivity contribution is 7.98. The standard InChI is InChI=1S/C18H24N2O4S2.C17H22N2O4S2/c1-13-10-16(5-7-18(13)25-3)24-17-6-4-15(19-26(22)23)11-14(17)12-20(2)8-9-21;1-12-9-15(4-6-17(12)24-2)23-16-5-3-14(19-25(21)22)10-13(16)11-18-7-8-20/h4-7,10-11,19,21H,8-9,12H2,1-3H3,(H,22,23);3-6,9-10,18-20H,7-8,11H2,1-2H3,(H,21,22)/p-2. The molecule has 51 heavy (non-hydrogen) atoms. The molecule has 4 aromatic rings. The van der Waals surface area contributed by atoms with E-state index in [0.29, 0.717) is 54.8 Å². The molecule has 12 nitrogen and oxygen atoms in total. The molecule has 0 saturated heterocycles. The maximum absolute atomic E-state index is 10.9. The fourth-order valence-corrected chi connectivity index (χ4v) is 6.67. The Morgan fingerprint density at radius 2 is 1.22 bits per heavy atom. The van der Waals surface area contributed by atoms with Crippen LogP contribution in [0.25, 0.3) is 0 Å². The Bertz CT molecular complexity index is 1770. The zero-order valence-electron chi connectivity index (χ0n) is 29.1. The summed E-state index contributed by atoms with van der Waals surface area (Å²) >= 11 is -1.41. The maximum atomic E-state index is 10.9. The maximum Gasteiger partial charge on any atom is 0.132 e. The van der Waals surface area contributed by atoms with Gasteiger partial charge in [0.25, 0.3) is 0 Å². The summed E-state index contributed by atoms with van der Waals surface area (Å²) in [5, 5.41) is 21.1. The van der Waals surface area contributed by atoms with Crippen LogP contribution < -0.4 is 24.2 Å². The molecule has 0 heterocycles. The van der Waals surface area contributed by atoms with E-state index in [1.807, 2.05) is 74.7 Å². The van der Waals surface area contributed by atoms with E-state index in [4.69, 9.17) is 19.7 Å². The molecule has 4 rings (SSSR count). The normalized spacial score (nSPS) is 12.1. The Kier molecular flexibility index (Phi) is 18.3. The number of aliphatic hydroxyl groups is 2. The minimum Gasteiger partial charge on any atom is -0.755 e. The summed E-state index contributed by atoms with van der Waals surface area (Å²) in [6.07, 6.45) is 4.06. The number of aliphatic hydroxyl groups excluding tert-OH is 2. The number of likely N-dealkylation sites (N-methyl/N-ethyl adjacent to an activating group) is 1. The number of ether oxygens (including phenoxy) is 2. The third kappa shape index (κ3) is 14.4. The molecule has 0 spiro atoms. The van der Waals surface area contributed by atoms with E-state index in [1.165, 1.54) is 9.79 Å². The van der Waals surface area contributed by atoms with Crippen molar-refractivity contribution in [3.63, 3.8) is 0 Å². The predicted octanol–water partition coefficient (Wildman–Crippen LogP) is 5.94. The summed E-state index contributed by atoms with van der Waals surface area (Å²) in [7, 11) is 1.88. The second-order valence-electron chi connectivity index (χ2n) is 11.1. The highest BCUT2D eigenvalue weighted by Crippen LogP contribution is 2.33. The molecule has 0 fully saturated rings. The molecule has 16 heteroatoms. The number of nitrogens with one attached hydrogen (secondary N) is 3. The van der Waals surface area contributed by atoms with Crippen LogP contribution in [-0.2, 0) is 35.6 Å². The molecule has 0 amide bonds. The Morgan fingerprint density at radius 3 is 1.65 bits per heavy atom. The minimum atomic E-state index is -2.39. The minimum absolute atomic E-state index is 0.0219. The van der Waals surface area contributed by atoms with Gasteiger partial charge in [0.1, 0.15) is 23.0 Å². The lowest BCUT2D eigenvalue weighted by atomic mass is 10.1. The Morgan fingerprint density at radius 1 is 0.725 bits per heavy atom. The van der Waals surface area contributed by atoms with Crippen LogP contribution in [0.15, 0.2) is 82.6 Å². The first kappa shape index (κ1) is 42.3. The molecule has 0 radical (unpaired) electrons. The van der Waals surface area contributed by atoms with E-state index in [2.05, 4.69) is 14.8 Å². The van der Waals surface area contributed by atoms with Crippen LogP contribution in [0.4, 0.5) is 11.4 Å². The SMILES string of the molecule is CSc1ccc(Oc2ccc(NS(=O)[O-])cc2CN(C)CCO)cc1C.CSc1ccc(Oc2ccc(NS(=O)[O-])cc2CNCCO)cc1C. The van der Waals surface area contributed by atoms with Gasteiger partial charge in [-0.05, 0) is 117 Å². The van der Waals surface area contributed by atoms with Gasteiger partial charge in [0, 0.05) is 81.0 Å². The molecule has 278 valence electrons. The molecule has 0 aromatic heterocycles. The number of rotatable bonds is 18. The van der Waals surface area contributed by atoms with E-state index >= 15 is 0 Å². The molecule has 2 unspecified atom stereocenters. The van der Waals surface area contributed by atoms with Crippen molar-refractivity contribution < 1.29 is 37.2 Å². The summed E-state index contributed by atoms with van der Waals surface area (Å²) < 4.78 is 60.1. The van der Waals surface area contributed by atoms with Gasteiger partial charge in [0.2, 0.25) is 0 Å². The first-order chi connectivity index (χ1) is 24.5. The third-order valence-electron chi connectivity index (χ3n) is 7.24. The largest absolute Gasteiger partial charge is 0.755 e. The third-order valence-corrected chi connectivity index (χ3v) is 9.84. The van der Waals surface area contributed by atoms with Crippen molar-refractivity contribution in [1.82, 2.24) is 10.2 Å². The van der Waals surface area contributed by atoms with Crippen molar-refractivity contribution in [1.29, 1.82) is 0 Å².